The summed E-state index contributed by atoms with van der Waals surface area (Å²) in [7, 11) is 1.71. The van der Waals surface area contributed by atoms with Gasteiger partial charge in [0.1, 0.15) is 12.3 Å². The van der Waals surface area contributed by atoms with Gasteiger partial charge in [-0.05, 0) is 57.4 Å². The van der Waals surface area contributed by atoms with E-state index in [-0.39, 0.29) is 6.03 Å². The Morgan fingerprint density at radius 2 is 1.77 bits per heavy atom. The molecule has 0 radical (unpaired) electrons. The summed E-state index contributed by atoms with van der Waals surface area (Å²) in [5.74, 6) is 0.918. The topological polar surface area (TPSA) is 46.0 Å². The molecule has 2 bridgehead atoms. The lowest BCUT2D eigenvalue weighted by Gasteiger charge is -2.46. The number of hydrogen-bond acceptors (Lipinski definition) is 2. The van der Waals surface area contributed by atoms with E-state index in [0.29, 0.717) is 18.1 Å². The Labute approximate surface area is 157 Å². The highest BCUT2D eigenvalue weighted by Crippen LogP contribution is 2.23. The molecule has 0 spiro atoms. The van der Waals surface area contributed by atoms with Crippen molar-refractivity contribution in [3.05, 3.63) is 29.8 Å². The Hall–Kier alpha value is -1.75. The minimum Gasteiger partial charge on any atom is -0.497 e. The summed E-state index contributed by atoms with van der Waals surface area (Å²) in [5, 5.41) is 3.31. The van der Waals surface area contributed by atoms with Gasteiger partial charge in [0.25, 0.3) is 0 Å². The third kappa shape index (κ3) is 4.32. The van der Waals surface area contributed by atoms with Gasteiger partial charge in [0.05, 0.1) is 19.2 Å². The maximum atomic E-state index is 12.4. The molecule has 5 nitrogen and oxygen atoms in total. The molecule has 0 saturated carbocycles. The van der Waals surface area contributed by atoms with Crippen molar-refractivity contribution >= 4 is 6.03 Å². The summed E-state index contributed by atoms with van der Waals surface area (Å²) in [4.78, 5) is 16.0. The van der Waals surface area contributed by atoms with E-state index in [0.717, 1.165) is 38.2 Å². The molecule has 0 aromatic heterocycles. The SMILES string of the molecule is CCN(CC)C(=O)NC1C[C@H]2CCC[C@H](C1)[NH+]2Cc1ccc(OC)cc1. The average Bonchev–Trinajstić information content (AvgIpc) is 2.64. The number of nitrogens with zero attached hydrogens (tertiary/aromatic N) is 1. The zero-order chi connectivity index (χ0) is 18.5. The molecule has 2 heterocycles. The highest BCUT2D eigenvalue weighted by atomic mass is 16.5. The Kier molecular flexibility index (Phi) is 6.41. The normalized spacial score (nSPS) is 27.7. The number of urea groups is 1. The third-order valence-electron chi connectivity index (χ3n) is 6.24. The van der Waals surface area contributed by atoms with Crippen molar-refractivity contribution in [2.75, 3.05) is 20.2 Å². The number of hydrogen-bond donors (Lipinski definition) is 2. The fraction of sp³-hybridized carbons (Fsp3) is 0.667. The lowest BCUT2D eigenvalue weighted by molar-refractivity contribution is -0.973. The lowest BCUT2D eigenvalue weighted by atomic mass is 9.81. The number of nitrogens with one attached hydrogen (secondary N) is 2. The molecule has 2 saturated heterocycles. The van der Waals surface area contributed by atoms with Crippen molar-refractivity contribution in [2.24, 2.45) is 0 Å². The van der Waals surface area contributed by atoms with Gasteiger partial charge in [0.2, 0.25) is 0 Å². The average molecular weight is 361 g/mol. The predicted octanol–water partition coefficient (Wildman–Crippen LogP) is 2.22. The molecule has 1 aromatic rings. The molecule has 26 heavy (non-hydrogen) atoms. The highest BCUT2D eigenvalue weighted by Gasteiger charge is 2.42. The van der Waals surface area contributed by atoms with Crippen molar-refractivity contribution in [3.63, 3.8) is 0 Å². The van der Waals surface area contributed by atoms with Crippen LogP contribution in [0.1, 0.15) is 51.5 Å². The van der Waals surface area contributed by atoms with Gasteiger partial charge in [-0.2, -0.15) is 0 Å². The van der Waals surface area contributed by atoms with Gasteiger partial charge in [0, 0.05) is 37.5 Å². The summed E-state index contributed by atoms with van der Waals surface area (Å²) >= 11 is 0. The maximum absolute atomic E-state index is 12.4. The number of benzene rings is 1. The maximum Gasteiger partial charge on any atom is 0.317 e. The number of rotatable bonds is 6. The van der Waals surface area contributed by atoms with Crippen LogP contribution in [0.4, 0.5) is 4.79 Å². The van der Waals surface area contributed by atoms with E-state index in [1.54, 1.807) is 12.0 Å². The summed E-state index contributed by atoms with van der Waals surface area (Å²) < 4.78 is 5.27. The molecule has 0 unspecified atom stereocenters. The Balaban J connectivity index is 1.61. The quantitative estimate of drug-likeness (QED) is 0.817. The van der Waals surface area contributed by atoms with Crippen LogP contribution in [0.2, 0.25) is 0 Å². The predicted molar refractivity (Wildman–Crippen MR) is 104 cm³/mol. The molecule has 2 N–H and O–H groups in total. The van der Waals surface area contributed by atoms with Crippen LogP contribution in [0.5, 0.6) is 5.75 Å². The van der Waals surface area contributed by atoms with Crippen LogP contribution in [0, 0.1) is 0 Å². The van der Waals surface area contributed by atoms with Crippen molar-refractivity contribution in [3.8, 4) is 5.75 Å². The van der Waals surface area contributed by atoms with E-state index < -0.39 is 0 Å². The smallest absolute Gasteiger partial charge is 0.317 e. The number of methoxy groups -OCH3 is 1. The van der Waals surface area contributed by atoms with E-state index in [1.165, 1.54) is 24.8 Å². The Bertz CT molecular complexity index is 571. The number of piperidine rings is 2. The number of quaternary nitrogens is 1. The van der Waals surface area contributed by atoms with Crippen molar-refractivity contribution < 1.29 is 14.4 Å². The van der Waals surface area contributed by atoms with Gasteiger partial charge < -0.3 is 19.9 Å². The first kappa shape index (κ1) is 19.0. The van der Waals surface area contributed by atoms with Crippen LogP contribution in [0.25, 0.3) is 0 Å². The highest BCUT2D eigenvalue weighted by molar-refractivity contribution is 5.74. The zero-order valence-electron chi connectivity index (χ0n) is 16.5. The minimum absolute atomic E-state index is 0.108. The third-order valence-corrected chi connectivity index (χ3v) is 6.24. The van der Waals surface area contributed by atoms with E-state index in [1.807, 2.05) is 18.7 Å². The van der Waals surface area contributed by atoms with E-state index >= 15 is 0 Å². The van der Waals surface area contributed by atoms with E-state index in [2.05, 4.69) is 29.6 Å². The molecule has 2 aliphatic rings. The summed E-state index contributed by atoms with van der Waals surface area (Å²) in [6.07, 6.45) is 6.10. The molecule has 2 atom stereocenters. The second kappa shape index (κ2) is 8.76. The van der Waals surface area contributed by atoms with Crippen LogP contribution >= 0.6 is 0 Å². The molecule has 2 amide bonds. The lowest BCUT2D eigenvalue weighted by Crippen LogP contribution is -3.20. The molecule has 5 heteroatoms. The second-order valence-electron chi connectivity index (χ2n) is 7.71. The standard InChI is InChI=1S/C21H33N3O2/c1-4-23(5-2)21(25)22-17-13-18-7-6-8-19(14-17)24(18)15-16-9-11-20(26-3)12-10-16/h9-12,17-19H,4-8,13-15H2,1-3H3,(H,22,25)/p+1/t18-,19-/m1/s1. The molecular formula is C21H34N3O2+. The molecule has 2 fully saturated rings. The van der Waals surface area contributed by atoms with Gasteiger partial charge in [-0.25, -0.2) is 4.79 Å². The van der Waals surface area contributed by atoms with Crippen molar-refractivity contribution in [1.82, 2.24) is 10.2 Å². The first-order chi connectivity index (χ1) is 12.6. The number of carbonyl (C=O) groups is 1. The van der Waals surface area contributed by atoms with Gasteiger partial charge in [-0.3, -0.25) is 0 Å². The first-order valence-corrected chi connectivity index (χ1v) is 10.2. The molecule has 3 rings (SSSR count). The van der Waals surface area contributed by atoms with Gasteiger partial charge in [-0.1, -0.05) is 0 Å². The summed E-state index contributed by atoms with van der Waals surface area (Å²) in [5.41, 5.74) is 1.38. The van der Waals surface area contributed by atoms with E-state index in [9.17, 15) is 4.79 Å². The molecule has 144 valence electrons. The molecule has 1 aromatic carbocycles. The van der Waals surface area contributed by atoms with Crippen LogP contribution in [-0.2, 0) is 6.54 Å². The van der Waals surface area contributed by atoms with Crippen molar-refractivity contribution in [2.45, 2.75) is 70.6 Å². The van der Waals surface area contributed by atoms with Crippen molar-refractivity contribution in [1.29, 1.82) is 0 Å². The first-order valence-electron chi connectivity index (χ1n) is 10.2. The summed E-state index contributed by atoms with van der Waals surface area (Å²) in [6.45, 7) is 6.71. The number of ether oxygens (including phenoxy) is 1. The molecular weight excluding hydrogens is 326 g/mol. The second-order valence-corrected chi connectivity index (χ2v) is 7.71. The number of carbonyl (C=O) groups excluding carboxylic acids is 1. The van der Waals surface area contributed by atoms with Crippen LogP contribution in [-0.4, -0.2) is 49.3 Å². The molecule has 0 aliphatic carbocycles. The summed E-state index contributed by atoms with van der Waals surface area (Å²) in [6, 6.07) is 10.3. The van der Waals surface area contributed by atoms with Crippen LogP contribution in [0.15, 0.2) is 24.3 Å². The van der Waals surface area contributed by atoms with Gasteiger partial charge in [0.15, 0.2) is 0 Å². The Morgan fingerprint density at radius 1 is 1.15 bits per heavy atom. The largest absolute Gasteiger partial charge is 0.497 e. The monoisotopic (exact) mass is 360 g/mol. The van der Waals surface area contributed by atoms with Crippen LogP contribution < -0.4 is 15.0 Å². The Morgan fingerprint density at radius 3 is 2.31 bits per heavy atom. The van der Waals surface area contributed by atoms with Gasteiger partial charge in [-0.15, -0.1) is 0 Å². The number of amides is 2. The van der Waals surface area contributed by atoms with E-state index in [4.69, 9.17) is 4.74 Å². The number of fused-ring (bicyclic) bond motifs is 2. The van der Waals surface area contributed by atoms with Crippen LogP contribution in [0.3, 0.4) is 0 Å². The fourth-order valence-electron chi connectivity index (χ4n) is 4.80. The molecule has 2 aliphatic heterocycles. The fourth-order valence-corrected chi connectivity index (χ4v) is 4.80. The van der Waals surface area contributed by atoms with Gasteiger partial charge >= 0.3 is 6.03 Å². The zero-order valence-corrected chi connectivity index (χ0v) is 16.5. The minimum atomic E-state index is 0.108.